The van der Waals surface area contributed by atoms with Gasteiger partial charge in [0.15, 0.2) is 5.82 Å². The van der Waals surface area contributed by atoms with Crippen molar-refractivity contribution in [3.63, 3.8) is 0 Å². The van der Waals surface area contributed by atoms with E-state index >= 15 is 4.39 Å². The number of hydrogen-bond donors (Lipinski definition) is 2. The van der Waals surface area contributed by atoms with Gasteiger partial charge >= 0.3 is 6.01 Å². The largest absolute Gasteiger partial charge is 0.508 e. The fraction of sp³-hybridized carbons (Fsp3) is 0.424. The molecule has 9 nitrogen and oxygen atoms in total. The molecule has 8 rings (SSSR count). The lowest BCUT2D eigenvalue weighted by molar-refractivity contribution is 0.107. The van der Waals surface area contributed by atoms with E-state index in [2.05, 4.69) is 26.0 Å². The van der Waals surface area contributed by atoms with Crippen molar-refractivity contribution in [1.29, 1.82) is 0 Å². The zero-order valence-electron chi connectivity index (χ0n) is 24.5. The zero-order chi connectivity index (χ0) is 30.9. The molecular formula is C33H31F3N6O3. The van der Waals surface area contributed by atoms with E-state index < -0.39 is 23.3 Å². The van der Waals surface area contributed by atoms with Crippen molar-refractivity contribution in [2.75, 3.05) is 56.2 Å². The second kappa shape index (κ2) is 10.6. The lowest BCUT2D eigenvalue weighted by atomic mass is 9.95. The van der Waals surface area contributed by atoms with Gasteiger partial charge < -0.3 is 24.8 Å². The van der Waals surface area contributed by atoms with Crippen LogP contribution < -0.4 is 15.0 Å². The highest BCUT2D eigenvalue weighted by Crippen LogP contribution is 2.44. The highest BCUT2D eigenvalue weighted by Gasteiger charge is 2.49. The number of ether oxygens (including phenoxy) is 2. The van der Waals surface area contributed by atoms with Crippen LogP contribution in [0.2, 0.25) is 0 Å². The minimum atomic E-state index is -0.927. The molecule has 0 radical (unpaired) electrons. The van der Waals surface area contributed by atoms with Gasteiger partial charge in [-0.1, -0.05) is 12.0 Å². The number of phenols is 1. The van der Waals surface area contributed by atoms with Crippen LogP contribution in [0.3, 0.4) is 0 Å². The number of anilines is 2. The number of aromatic hydroxyl groups is 1. The molecule has 232 valence electrons. The first-order valence-electron chi connectivity index (χ1n) is 15.3. The maximum Gasteiger partial charge on any atom is 0.319 e. The van der Waals surface area contributed by atoms with Crippen LogP contribution in [0, 0.1) is 24.0 Å². The fourth-order valence-electron chi connectivity index (χ4n) is 7.64. The van der Waals surface area contributed by atoms with Crippen LogP contribution in [0.15, 0.2) is 24.3 Å². The molecule has 2 aromatic heterocycles. The Bertz CT molecular complexity index is 1890. The molecule has 4 aromatic rings. The lowest BCUT2D eigenvalue weighted by Gasteiger charge is -2.31. The smallest absolute Gasteiger partial charge is 0.319 e. The zero-order valence-corrected chi connectivity index (χ0v) is 24.5. The maximum absolute atomic E-state index is 16.9. The quantitative estimate of drug-likeness (QED) is 0.307. The van der Waals surface area contributed by atoms with E-state index in [1.807, 2.05) is 0 Å². The van der Waals surface area contributed by atoms with Crippen molar-refractivity contribution >= 4 is 33.3 Å². The van der Waals surface area contributed by atoms with Crippen molar-refractivity contribution in [2.24, 2.45) is 0 Å². The first-order chi connectivity index (χ1) is 21.8. The number of nitrogens with one attached hydrogen (secondary N) is 1. The van der Waals surface area contributed by atoms with Gasteiger partial charge in [-0.05, 0) is 49.4 Å². The van der Waals surface area contributed by atoms with Gasteiger partial charge in [-0.3, -0.25) is 4.90 Å². The van der Waals surface area contributed by atoms with Crippen molar-refractivity contribution in [1.82, 2.24) is 19.9 Å². The summed E-state index contributed by atoms with van der Waals surface area (Å²) in [5.74, 6) is 1.59. The topological polar surface area (TPSA) is 95.9 Å². The molecule has 0 bridgehead atoms. The van der Waals surface area contributed by atoms with E-state index in [9.17, 15) is 13.9 Å². The molecule has 3 atom stereocenters. The summed E-state index contributed by atoms with van der Waals surface area (Å²) in [5.41, 5.74) is -0.582. The molecule has 0 spiro atoms. The molecule has 0 saturated carbocycles. The van der Waals surface area contributed by atoms with E-state index in [0.717, 1.165) is 25.8 Å². The number of aromatic nitrogens is 3. The van der Waals surface area contributed by atoms with Gasteiger partial charge in [0.25, 0.3) is 0 Å². The average molecular weight is 617 g/mol. The molecule has 4 aliphatic heterocycles. The Morgan fingerprint density at radius 3 is 2.89 bits per heavy atom. The molecule has 1 unspecified atom stereocenters. The summed E-state index contributed by atoms with van der Waals surface area (Å²) in [5, 5.41) is 15.0. The van der Waals surface area contributed by atoms with E-state index in [4.69, 9.17) is 25.9 Å². The van der Waals surface area contributed by atoms with Gasteiger partial charge in [-0.2, -0.15) is 9.97 Å². The summed E-state index contributed by atoms with van der Waals surface area (Å²) >= 11 is 0. The summed E-state index contributed by atoms with van der Waals surface area (Å²) in [6, 6.07) is 5.44. The minimum Gasteiger partial charge on any atom is -0.508 e. The third kappa shape index (κ3) is 4.51. The monoisotopic (exact) mass is 616 g/mol. The number of terminal acetylenes is 1. The SMILES string of the molecule is C#Cc1c(F)ccc2cc(O)cc(-c3nc4c5c(nc(OC[C@@]67CCCN6C[C@H](F)C7)nc5c3F)N(C3CCOC3)CCN4)c12. The van der Waals surface area contributed by atoms with Crippen LogP contribution in [0.25, 0.3) is 32.9 Å². The first-order valence-corrected chi connectivity index (χ1v) is 15.3. The molecule has 2 aromatic carbocycles. The molecule has 2 N–H and O–H groups in total. The molecule has 0 aliphatic carbocycles. The van der Waals surface area contributed by atoms with Crippen molar-refractivity contribution in [2.45, 2.75) is 43.4 Å². The van der Waals surface area contributed by atoms with Gasteiger partial charge in [0, 0.05) is 43.6 Å². The number of phenolic OH excluding ortho intramolecular Hbond substituents is 1. The molecule has 4 aliphatic rings. The Hall–Kier alpha value is -4.34. The van der Waals surface area contributed by atoms with Crippen LogP contribution in [0.5, 0.6) is 11.8 Å². The molecular weight excluding hydrogens is 585 g/mol. The van der Waals surface area contributed by atoms with Crippen LogP contribution in [0.4, 0.5) is 24.8 Å². The predicted octanol–water partition coefficient (Wildman–Crippen LogP) is 4.79. The Morgan fingerprint density at radius 1 is 1.18 bits per heavy atom. The summed E-state index contributed by atoms with van der Waals surface area (Å²) in [6.45, 7) is 3.46. The maximum atomic E-state index is 16.9. The van der Waals surface area contributed by atoms with Crippen LogP contribution in [0.1, 0.15) is 31.2 Å². The van der Waals surface area contributed by atoms with Crippen molar-refractivity contribution in [3.8, 4) is 35.4 Å². The Morgan fingerprint density at radius 2 is 2.07 bits per heavy atom. The molecule has 0 amide bonds. The second-order valence-electron chi connectivity index (χ2n) is 12.3. The number of fused-ring (bicyclic) bond motifs is 2. The Balaban J connectivity index is 1.33. The summed E-state index contributed by atoms with van der Waals surface area (Å²) in [7, 11) is 0. The van der Waals surface area contributed by atoms with Gasteiger partial charge in [-0.15, -0.1) is 6.42 Å². The number of nitrogens with zero attached hydrogens (tertiary/aromatic N) is 5. The number of benzene rings is 2. The summed E-state index contributed by atoms with van der Waals surface area (Å²) in [4.78, 5) is 18.3. The van der Waals surface area contributed by atoms with Gasteiger partial charge in [-0.25, -0.2) is 18.2 Å². The fourth-order valence-corrected chi connectivity index (χ4v) is 7.64. The second-order valence-corrected chi connectivity index (χ2v) is 12.3. The minimum absolute atomic E-state index is 0.00802. The lowest BCUT2D eigenvalue weighted by Crippen LogP contribution is -2.43. The highest BCUT2D eigenvalue weighted by atomic mass is 19.1. The van der Waals surface area contributed by atoms with Gasteiger partial charge in [0.2, 0.25) is 0 Å². The third-order valence-electron chi connectivity index (χ3n) is 9.69. The van der Waals surface area contributed by atoms with Crippen LogP contribution in [-0.4, -0.2) is 88.7 Å². The van der Waals surface area contributed by atoms with E-state index in [1.165, 1.54) is 24.3 Å². The average Bonchev–Trinajstić information content (AvgIpc) is 3.73. The number of halogens is 3. The van der Waals surface area contributed by atoms with E-state index in [-0.39, 0.29) is 52.1 Å². The standard InChI is InChI=1S/C33H31F3N6O3/c1-2-22-24(35)5-4-18-12-21(43)13-23(25(18)22)28-27(36)29-26-30(38-28)37-8-10-42(20-6-11-44-16-20)31(26)40-32(39-29)45-17-33-7-3-9-41(33)15-19(34)14-33/h1,4-5,12-13,19-20,43H,3,6-11,14-17H2,(H,37,38)/t19-,20?,33+/m1/s1. The number of alkyl halides is 1. The van der Waals surface area contributed by atoms with Crippen LogP contribution >= 0.6 is 0 Å². The summed E-state index contributed by atoms with van der Waals surface area (Å²) < 4.78 is 58.2. The van der Waals surface area contributed by atoms with Gasteiger partial charge in [0.05, 0.1) is 29.1 Å². The number of pyridine rings is 1. The summed E-state index contributed by atoms with van der Waals surface area (Å²) in [6.07, 6.45) is 7.67. The molecule has 45 heavy (non-hydrogen) atoms. The van der Waals surface area contributed by atoms with E-state index in [0.29, 0.717) is 61.7 Å². The van der Waals surface area contributed by atoms with E-state index in [1.54, 1.807) is 0 Å². The normalized spacial score (nSPS) is 24.5. The van der Waals surface area contributed by atoms with Crippen LogP contribution in [-0.2, 0) is 4.74 Å². The first kappa shape index (κ1) is 28.2. The van der Waals surface area contributed by atoms with Crippen molar-refractivity contribution < 1.29 is 27.8 Å². The molecule has 6 heterocycles. The predicted molar refractivity (Wildman–Crippen MR) is 163 cm³/mol. The Labute approximate surface area is 257 Å². The van der Waals surface area contributed by atoms with Gasteiger partial charge in [0.1, 0.15) is 47.2 Å². The number of hydrogen-bond acceptors (Lipinski definition) is 9. The Kier molecular flexibility index (Phi) is 6.65. The third-order valence-corrected chi connectivity index (χ3v) is 9.69. The highest BCUT2D eigenvalue weighted by molar-refractivity contribution is 6.06. The molecule has 3 saturated heterocycles. The number of rotatable bonds is 5. The molecule has 3 fully saturated rings. The molecule has 12 heteroatoms. The van der Waals surface area contributed by atoms with Crippen molar-refractivity contribution in [3.05, 3.63) is 41.5 Å².